The van der Waals surface area contributed by atoms with Crippen LogP contribution in [-0.4, -0.2) is 21.2 Å². The number of carbonyl (C=O) groups is 1. The van der Waals surface area contributed by atoms with Gasteiger partial charge in [0.15, 0.2) is 0 Å². The summed E-state index contributed by atoms with van der Waals surface area (Å²) in [4.78, 5) is 15.7. The molecular weight excluding hydrogens is 336 g/mol. The summed E-state index contributed by atoms with van der Waals surface area (Å²) in [5, 5.41) is 13.3. The van der Waals surface area contributed by atoms with E-state index in [0.29, 0.717) is 24.6 Å². The van der Waals surface area contributed by atoms with Crippen LogP contribution in [0.2, 0.25) is 0 Å². The van der Waals surface area contributed by atoms with Gasteiger partial charge in [0, 0.05) is 10.0 Å². The van der Waals surface area contributed by atoms with Crippen LogP contribution in [-0.2, 0) is 4.79 Å². The number of halogens is 1. The first-order chi connectivity index (χ1) is 10.1. The van der Waals surface area contributed by atoms with E-state index in [2.05, 4.69) is 26.1 Å². The summed E-state index contributed by atoms with van der Waals surface area (Å²) in [6.45, 7) is 0. The van der Waals surface area contributed by atoms with Gasteiger partial charge in [-0.1, -0.05) is 45.4 Å². The second-order valence-corrected chi connectivity index (χ2v) is 5.88. The number of carboxylic acid groups (broad SMARTS) is 1. The molecule has 5 nitrogen and oxygen atoms in total. The molecule has 0 bridgehead atoms. The molecule has 0 amide bonds. The molecule has 1 aliphatic carbocycles. The summed E-state index contributed by atoms with van der Waals surface area (Å²) in [6, 6.07) is 7.58. The Balaban J connectivity index is 1.91. The number of benzene rings is 1. The molecule has 1 aromatic carbocycles. The monoisotopic (exact) mass is 348 g/mol. The van der Waals surface area contributed by atoms with Gasteiger partial charge in [0.05, 0.1) is 11.8 Å². The molecule has 1 aliphatic rings. The maximum atomic E-state index is 11.3. The van der Waals surface area contributed by atoms with E-state index in [1.165, 1.54) is 0 Å². The molecule has 2 atom stereocenters. The van der Waals surface area contributed by atoms with Gasteiger partial charge in [-0.2, -0.15) is 4.98 Å². The summed E-state index contributed by atoms with van der Waals surface area (Å²) in [5.41, 5.74) is 0.831. The number of hydrogen-bond acceptors (Lipinski definition) is 4. The van der Waals surface area contributed by atoms with Crippen LogP contribution in [0.1, 0.15) is 24.7 Å². The van der Waals surface area contributed by atoms with Crippen molar-refractivity contribution in [1.29, 1.82) is 0 Å². The molecule has 0 fully saturated rings. The highest BCUT2D eigenvalue weighted by Crippen LogP contribution is 2.34. The van der Waals surface area contributed by atoms with Gasteiger partial charge in [0.1, 0.15) is 0 Å². The number of carboxylic acids is 1. The quantitative estimate of drug-likeness (QED) is 0.857. The first-order valence-corrected chi connectivity index (χ1v) is 7.42. The van der Waals surface area contributed by atoms with Crippen molar-refractivity contribution >= 4 is 21.9 Å². The first kappa shape index (κ1) is 14.0. The fraction of sp³-hybridized carbons (Fsp3) is 0.267. The van der Waals surface area contributed by atoms with Crippen molar-refractivity contribution in [3.05, 3.63) is 46.8 Å². The van der Waals surface area contributed by atoms with Gasteiger partial charge in [-0.25, -0.2) is 0 Å². The number of hydrogen-bond donors (Lipinski definition) is 1. The van der Waals surface area contributed by atoms with E-state index in [1.54, 1.807) is 0 Å². The molecule has 1 N–H and O–H groups in total. The molecule has 3 rings (SSSR count). The van der Waals surface area contributed by atoms with E-state index in [1.807, 2.05) is 36.4 Å². The Bertz CT molecular complexity index is 696. The zero-order chi connectivity index (χ0) is 14.8. The van der Waals surface area contributed by atoms with Gasteiger partial charge >= 0.3 is 5.97 Å². The highest BCUT2D eigenvalue weighted by molar-refractivity contribution is 9.10. The van der Waals surface area contributed by atoms with Crippen molar-refractivity contribution in [2.24, 2.45) is 5.92 Å². The molecule has 0 aliphatic heterocycles. The Morgan fingerprint density at radius 1 is 1.33 bits per heavy atom. The maximum Gasteiger partial charge on any atom is 0.307 e. The SMILES string of the molecule is O=C(O)[C@H]1CC=CC[C@H]1c1nc(-c2cccc(Br)c2)no1. The van der Waals surface area contributed by atoms with E-state index in [-0.39, 0.29) is 5.92 Å². The van der Waals surface area contributed by atoms with E-state index in [9.17, 15) is 9.90 Å². The third-order valence-corrected chi connectivity index (χ3v) is 4.08. The molecule has 0 spiro atoms. The molecule has 21 heavy (non-hydrogen) atoms. The lowest BCUT2D eigenvalue weighted by molar-refractivity contribution is -0.142. The van der Waals surface area contributed by atoms with E-state index in [4.69, 9.17) is 4.52 Å². The fourth-order valence-electron chi connectivity index (χ4n) is 2.49. The van der Waals surface area contributed by atoms with Crippen molar-refractivity contribution in [1.82, 2.24) is 10.1 Å². The molecular formula is C15H13BrN2O3. The molecule has 108 valence electrons. The lowest BCUT2D eigenvalue weighted by Gasteiger charge is -2.21. The van der Waals surface area contributed by atoms with E-state index in [0.717, 1.165) is 10.0 Å². The second-order valence-electron chi connectivity index (χ2n) is 4.96. The van der Waals surface area contributed by atoms with Crippen molar-refractivity contribution in [3.63, 3.8) is 0 Å². The Kier molecular flexibility index (Phi) is 3.88. The van der Waals surface area contributed by atoms with Crippen LogP contribution < -0.4 is 0 Å². The summed E-state index contributed by atoms with van der Waals surface area (Å²) in [5.74, 6) is -0.731. The molecule has 0 saturated carbocycles. The summed E-state index contributed by atoms with van der Waals surface area (Å²) in [7, 11) is 0. The molecule has 0 radical (unpaired) electrons. The molecule has 2 aromatic rings. The first-order valence-electron chi connectivity index (χ1n) is 6.62. The minimum atomic E-state index is -0.827. The zero-order valence-corrected chi connectivity index (χ0v) is 12.7. The van der Waals surface area contributed by atoms with Gasteiger partial charge in [0.25, 0.3) is 0 Å². The Labute approximate surface area is 129 Å². The highest BCUT2D eigenvalue weighted by atomic mass is 79.9. The van der Waals surface area contributed by atoms with Gasteiger partial charge in [0.2, 0.25) is 11.7 Å². The molecule has 6 heteroatoms. The summed E-state index contributed by atoms with van der Waals surface area (Å²) < 4.78 is 6.23. The third kappa shape index (κ3) is 2.90. The smallest absolute Gasteiger partial charge is 0.307 e. The Morgan fingerprint density at radius 3 is 2.90 bits per heavy atom. The third-order valence-electron chi connectivity index (χ3n) is 3.59. The maximum absolute atomic E-state index is 11.3. The van der Waals surface area contributed by atoms with E-state index < -0.39 is 11.9 Å². The van der Waals surface area contributed by atoms with Gasteiger partial charge in [-0.15, -0.1) is 0 Å². The van der Waals surface area contributed by atoms with Gasteiger partial charge < -0.3 is 9.63 Å². The molecule has 1 aromatic heterocycles. The highest BCUT2D eigenvalue weighted by Gasteiger charge is 2.33. The standard InChI is InChI=1S/C15H13BrN2O3/c16-10-5-3-4-9(8-10)13-17-14(21-18-13)11-6-1-2-7-12(11)15(19)20/h1-5,8,11-12H,6-7H2,(H,19,20)/t11-,12+/m1/s1. The number of nitrogens with zero attached hydrogens (tertiary/aromatic N) is 2. The predicted molar refractivity (Wildman–Crippen MR) is 79.7 cm³/mol. The molecule has 0 unspecified atom stereocenters. The van der Waals surface area contributed by atoms with Crippen LogP contribution in [0.15, 0.2) is 45.4 Å². The zero-order valence-electron chi connectivity index (χ0n) is 11.1. The van der Waals surface area contributed by atoms with Crippen molar-refractivity contribution in [2.75, 3.05) is 0 Å². The topological polar surface area (TPSA) is 76.2 Å². The normalized spacial score (nSPS) is 21.4. The molecule has 0 saturated heterocycles. The number of rotatable bonds is 3. The van der Waals surface area contributed by atoms with Gasteiger partial charge in [-0.05, 0) is 25.0 Å². The van der Waals surface area contributed by atoms with Crippen LogP contribution in [0, 0.1) is 5.92 Å². The fourth-order valence-corrected chi connectivity index (χ4v) is 2.89. The van der Waals surface area contributed by atoms with Crippen LogP contribution in [0.25, 0.3) is 11.4 Å². The Morgan fingerprint density at radius 2 is 2.14 bits per heavy atom. The summed E-state index contributed by atoms with van der Waals surface area (Å²) in [6.07, 6.45) is 4.96. The second kappa shape index (κ2) is 5.81. The van der Waals surface area contributed by atoms with Crippen molar-refractivity contribution in [3.8, 4) is 11.4 Å². The number of aliphatic carboxylic acids is 1. The predicted octanol–water partition coefficient (Wildman–Crippen LogP) is 3.63. The van der Waals surface area contributed by atoms with Gasteiger partial charge in [-0.3, -0.25) is 4.79 Å². The van der Waals surface area contributed by atoms with E-state index >= 15 is 0 Å². The Hall–Kier alpha value is -1.95. The largest absolute Gasteiger partial charge is 0.481 e. The minimum absolute atomic E-state index is 0.263. The molecule has 1 heterocycles. The van der Waals surface area contributed by atoms with Crippen molar-refractivity contribution in [2.45, 2.75) is 18.8 Å². The number of aromatic nitrogens is 2. The van der Waals surface area contributed by atoms with Crippen LogP contribution >= 0.6 is 15.9 Å². The lowest BCUT2D eigenvalue weighted by atomic mass is 9.83. The number of allylic oxidation sites excluding steroid dienone is 2. The van der Waals surface area contributed by atoms with Crippen molar-refractivity contribution < 1.29 is 14.4 Å². The van der Waals surface area contributed by atoms with Crippen LogP contribution in [0.3, 0.4) is 0 Å². The average molecular weight is 349 g/mol. The van der Waals surface area contributed by atoms with Crippen LogP contribution in [0.4, 0.5) is 0 Å². The minimum Gasteiger partial charge on any atom is -0.481 e. The average Bonchev–Trinajstić information content (AvgIpc) is 2.97. The van der Waals surface area contributed by atoms with Crippen LogP contribution in [0.5, 0.6) is 0 Å². The lowest BCUT2D eigenvalue weighted by Crippen LogP contribution is -2.23. The summed E-state index contributed by atoms with van der Waals surface area (Å²) >= 11 is 3.40.